The third-order valence-corrected chi connectivity index (χ3v) is 4.79. The number of rotatable bonds is 4. The number of carbonyl (C=O) groups is 1. The van der Waals surface area contributed by atoms with Gasteiger partial charge in [0.05, 0.1) is 6.67 Å². The highest BCUT2D eigenvalue weighted by molar-refractivity contribution is 5.97. The lowest BCUT2D eigenvalue weighted by molar-refractivity contribution is 0.112. The van der Waals surface area contributed by atoms with Crippen molar-refractivity contribution in [2.45, 2.75) is 6.67 Å². The molecule has 0 spiro atoms. The maximum absolute atomic E-state index is 11.3. The van der Waals surface area contributed by atoms with Crippen molar-refractivity contribution < 1.29 is 4.79 Å². The van der Waals surface area contributed by atoms with Crippen LogP contribution < -0.4 is 4.90 Å². The molecule has 3 aromatic rings. The normalized spacial score (nSPS) is 15.8. The topological polar surface area (TPSA) is 28.5 Å². The fourth-order valence-corrected chi connectivity index (χ4v) is 3.49. The van der Waals surface area contributed by atoms with Crippen molar-refractivity contribution in [3.05, 3.63) is 66.4 Å². The van der Waals surface area contributed by atoms with Gasteiger partial charge in [-0.05, 0) is 18.2 Å². The number of aldehydes is 1. The van der Waals surface area contributed by atoms with Crippen LogP contribution in [-0.2, 0) is 6.67 Å². The summed E-state index contributed by atoms with van der Waals surface area (Å²) in [6.07, 6.45) is 2.92. The quantitative estimate of drug-likeness (QED) is 0.691. The second-order valence-corrected chi connectivity index (χ2v) is 6.27. The van der Waals surface area contributed by atoms with E-state index < -0.39 is 0 Å². The van der Waals surface area contributed by atoms with Gasteiger partial charge in [-0.25, -0.2) is 0 Å². The average molecular weight is 319 g/mol. The van der Waals surface area contributed by atoms with Gasteiger partial charge in [0.2, 0.25) is 0 Å². The molecule has 2 aromatic carbocycles. The molecule has 4 rings (SSSR count). The predicted molar refractivity (Wildman–Crippen MR) is 97.6 cm³/mol. The number of hydrogen-bond donors (Lipinski definition) is 0. The molecule has 24 heavy (non-hydrogen) atoms. The van der Waals surface area contributed by atoms with Crippen LogP contribution in [0.1, 0.15) is 10.4 Å². The van der Waals surface area contributed by atoms with Gasteiger partial charge in [0, 0.05) is 54.5 Å². The van der Waals surface area contributed by atoms with E-state index in [1.54, 1.807) is 0 Å². The van der Waals surface area contributed by atoms with E-state index in [2.05, 4.69) is 50.8 Å². The first-order chi connectivity index (χ1) is 11.8. The van der Waals surface area contributed by atoms with Gasteiger partial charge in [0.1, 0.15) is 0 Å². The Hall–Kier alpha value is -2.59. The molecule has 0 bridgehead atoms. The second kappa shape index (κ2) is 6.49. The zero-order valence-corrected chi connectivity index (χ0v) is 13.6. The Balaban J connectivity index is 1.47. The second-order valence-electron chi connectivity index (χ2n) is 6.27. The molecule has 4 nitrogen and oxygen atoms in total. The lowest BCUT2D eigenvalue weighted by Crippen LogP contribution is -2.46. The number of piperazine rings is 1. The van der Waals surface area contributed by atoms with Crippen molar-refractivity contribution in [2.24, 2.45) is 0 Å². The summed E-state index contributed by atoms with van der Waals surface area (Å²) in [5.74, 6) is 0. The molecule has 1 aromatic heterocycles. The Kier molecular flexibility index (Phi) is 4.05. The molecule has 122 valence electrons. The van der Waals surface area contributed by atoms with Crippen molar-refractivity contribution in [1.29, 1.82) is 0 Å². The third kappa shape index (κ3) is 2.81. The summed E-state index contributed by atoms with van der Waals surface area (Å²) in [6.45, 7) is 4.94. The molecule has 1 aliphatic heterocycles. The number of benzene rings is 2. The molecule has 0 aliphatic carbocycles. The fraction of sp³-hybridized carbons (Fsp3) is 0.250. The van der Waals surface area contributed by atoms with Crippen LogP contribution in [0.5, 0.6) is 0 Å². The number of para-hydroxylation sites is 2. The van der Waals surface area contributed by atoms with E-state index in [-0.39, 0.29) is 0 Å². The minimum absolute atomic E-state index is 0.772. The number of anilines is 1. The first-order valence-corrected chi connectivity index (χ1v) is 8.40. The highest BCUT2D eigenvalue weighted by Gasteiger charge is 2.18. The lowest BCUT2D eigenvalue weighted by Gasteiger charge is -2.36. The summed E-state index contributed by atoms with van der Waals surface area (Å²) in [7, 11) is 0. The Morgan fingerprint density at radius 1 is 0.875 bits per heavy atom. The molecule has 1 fully saturated rings. The van der Waals surface area contributed by atoms with Crippen molar-refractivity contribution in [1.82, 2.24) is 9.47 Å². The highest BCUT2D eigenvalue weighted by atomic mass is 16.1. The summed E-state index contributed by atoms with van der Waals surface area (Å²) in [5.41, 5.74) is 3.20. The molecule has 1 aliphatic rings. The molecule has 0 N–H and O–H groups in total. The largest absolute Gasteiger partial charge is 0.369 e. The van der Waals surface area contributed by atoms with Gasteiger partial charge in [-0.2, -0.15) is 0 Å². The standard InChI is InChI=1S/C20H21N3O/c24-15-17-14-23(20-9-5-4-8-19(17)20)16-21-10-12-22(13-11-21)18-6-2-1-3-7-18/h1-9,14-15H,10-13,16H2. The van der Waals surface area contributed by atoms with Gasteiger partial charge >= 0.3 is 0 Å². The zero-order chi connectivity index (χ0) is 16.4. The monoisotopic (exact) mass is 319 g/mol. The molecule has 2 heterocycles. The number of aromatic nitrogens is 1. The van der Waals surface area contributed by atoms with E-state index in [1.165, 1.54) is 5.69 Å². The van der Waals surface area contributed by atoms with Gasteiger partial charge in [-0.15, -0.1) is 0 Å². The van der Waals surface area contributed by atoms with Crippen LogP contribution in [0.15, 0.2) is 60.8 Å². The Bertz CT molecular complexity index is 832. The van der Waals surface area contributed by atoms with Gasteiger partial charge in [0.25, 0.3) is 0 Å². The molecule has 0 saturated carbocycles. The van der Waals surface area contributed by atoms with E-state index in [1.807, 2.05) is 24.4 Å². The maximum Gasteiger partial charge on any atom is 0.152 e. The van der Waals surface area contributed by atoms with Crippen molar-refractivity contribution in [2.75, 3.05) is 31.1 Å². The SMILES string of the molecule is O=Cc1cn(CN2CCN(c3ccccc3)CC2)c2ccccc12. The Morgan fingerprint density at radius 3 is 2.33 bits per heavy atom. The number of nitrogens with zero attached hydrogens (tertiary/aromatic N) is 3. The third-order valence-electron chi connectivity index (χ3n) is 4.79. The van der Waals surface area contributed by atoms with Crippen LogP contribution in [0.4, 0.5) is 5.69 Å². The van der Waals surface area contributed by atoms with Gasteiger partial charge in [-0.3, -0.25) is 9.69 Å². The smallest absolute Gasteiger partial charge is 0.152 e. The summed E-state index contributed by atoms with van der Waals surface area (Å²) >= 11 is 0. The van der Waals surface area contributed by atoms with E-state index in [9.17, 15) is 4.79 Å². The van der Waals surface area contributed by atoms with Crippen LogP contribution in [-0.4, -0.2) is 41.9 Å². The molecule has 0 amide bonds. The first-order valence-electron chi connectivity index (χ1n) is 8.40. The number of hydrogen-bond acceptors (Lipinski definition) is 3. The summed E-state index contributed by atoms with van der Waals surface area (Å²) in [4.78, 5) is 16.2. The van der Waals surface area contributed by atoms with Crippen LogP contribution in [0.2, 0.25) is 0 Å². The minimum atomic E-state index is 0.772. The molecule has 0 atom stereocenters. The molecule has 0 unspecified atom stereocenters. The molecular weight excluding hydrogens is 298 g/mol. The number of fused-ring (bicyclic) bond motifs is 1. The minimum Gasteiger partial charge on any atom is -0.369 e. The summed E-state index contributed by atoms with van der Waals surface area (Å²) < 4.78 is 2.19. The Labute approximate surface area is 141 Å². The van der Waals surface area contributed by atoms with Crippen molar-refractivity contribution in [3.8, 4) is 0 Å². The van der Waals surface area contributed by atoms with Crippen molar-refractivity contribution in [3.63, 3.8) is 0 Å². The highest BCUT2D eigenvalue weighted by Crippen LogP contribution is 2.21. The summed E-state index contributed by atoms with van der Waals surface area (Å²) in [5, 5.41) is 1.04. The zero-order valence-electron chi connectivity index (χ0n) is 13.6. The van der Waals surface area contributed by atoms with Crippen molar-refractivity contribution >= 4 is 22.9 Å². The van der Waals surface area contributed by atoms with Gasteiger partial charge in [0.15, 0.2) is 6.29 Å². The predicted octanol–water partition coefficient (Wildman–Crippen LogP) is 3.23. The van der Waals surface area contributed by atoms with Crippen LogP contribution in [0.3, 0.4) is 0 Å². The van der Waals surface area contributed by atoms with Crippen LogP contribution >= 0.6 is 0 Å². The van der Waals surface area contributed by atoms with Crippen LogP contribution in [0.25, 0.3) is 10.9 Å². The summed E-state index contributed by atoms with van der Waals surface area (Å²) in [6, 6.07) is 18.7. The van der Waals surface area contributed by atoms with E-state index >= 15 is 0 Å². The van der Waals surface area contributed by atoms with Gasteiger partial charge in [-0.1, -0.05) is 36.4 Å². The van der Waals surface area contributed by atoms with Gasteiger partial charge < -0.3 is 9.47 Å². The molecular formula is C20H21N3O. The molecule has 4 heteroatoms. The van der Waals surface area contributed by atoms with E-state index in [0.29, 0.717) is 0 Å². The molecule has 1 saturated heterocycles. The number of carbonyl (C=O) groups excluding carboxylic acids is 1. The average Bonchev–Trinajstić information content (AvgIpc) is 3.01. The maximum atomic E-state index is 11.3. The fourth-order valence-electron chi connectivity index (χ4n) is 3.49. The molecule has 0 radical (unpaired) electrons. The van der Waals surface area contributed by atoms with E-state index in [4.69, 9.17) is 0 Å². The van der Waals surface area contributed by atoms with Crippen LogP contribution in [0, 0.1) is 0 Å². The Morgan fingerprint density at radius 2 is 1.58 bits per heavy atom. The van der Waals surface area contributed by atoms with E-state index in [0.717, 1.165) is 55.6 Å². The first kappa shape index (κ1) is 15.0. The lowest BCUT2D eigenvalue weighted by atomic mass is 10.2.